The number of carbonyl (C=O) groups excluding carboxylic acids is 1. The summed E-state index contributed by atoms with van der Waals surface area (Å²) in [5, 5.41) is 11.9. The maximum Gasteiger partial charge on any atom is 0.318 e. The first-order valence-corrected chi connectivity index (χ1v) is 6.89. The number of carbonyl (C=O) groups is 2. The number of piperidine rings is 1. The zero-order valence-electron chi connectivity index (χ0n) is 10.5. The van der Waals surface area contributed by atoms with Crippen LogP contribution in [0.4, 0.5) is 4.79 Å². The Morgan fingerprint density at radius 2 is 2.11 bits per heavy atom. The highest BCUT2D eigenvalue weighted by atomic mass is 16.4. The van der Waals surface area contributed by atoms with Crippen LogP contribution in [-0.2, 0) is 4.79 Å². The number of carboxylic acid groups (broad SMARTS) is 1. The third-order valence-electron chi connectivity index (χ3n) is 4.84. The third kappa shape index (κ3) is 1.95. The summed E-state index contributed by atoms with van der Waals surface area (Å²) >= 11 is 0. The van der Waals surface area contributed by atoms with E-state index in [1.807, 2.05) is 4.90 Å². The molecule has 2 aliphatic carbocycles. The fraction of sp³-hybridized carbons (Fsp3) is 0.846. The van der Waals surface area contributed by atoms with E-state index in [2.05, 4.69) is 5.32 Å². The maximum atomic E-state index is 12.2. The van der Waals surface area contributed by atoms with Crippen molar-refractivity contribution in [1.82, 2.24) is 10.2 Å². The lowest BCUT2D eigenvalue weighted by molar-refractivity contribution is -0.139. The Balaban J connectivity index is 1.61. The highest BCUT2D eigenvalue weighted by Crippen LogP contribution is 2.39. The van der Waals surface area contributed by atoms with Crippen LogP contribution in [0.1, 0.15) is 44.9 Å². The lowest BCUT2D eigenvalue weighted by Crippen LogP contribution is -2.59. The lowest BCUT2D eigenvalue weighted by atomic mass is 9.74. The molecule has 1 aliphatic heterocycles. The van der Waals surface area contributed by atoms with E-state index >= 15 is 0 Å². The molecule has 2 N–H and O–H groups in total. The molecule has 3 rings (SSSR count). The van der Waals surface area contributed by atoms with Crippen molar-refractivity contribution in [2.45, 2.75) is 56.5 Å². The van der Waals surface area contributed by atoms with Crippen molar-refractivity contribution in [3.63, 3.8) is 0 Å². The van der Waals surface area contributed by atoms with Crippen molar-refractivity contribution in [3.05, 3.63) is 0 Å². The molecule has 0 aromatic carbocycles. The molecule has 0 spiro atoms. The van der Waals surface area contributed by atoms with Crippen molar-refractivity contribution in [2.24, 2.45) is 5.92 Å². The summed E-state index contributed by atoms with van der Waals surface area (Å²) in [5.41, 5.74) is -0.468. The van der Waals surface area contributed by atoms with Gasteiger partial charge in [-0.1, -0.05) is 0 Å². The van der Waals surface area contributed by atoms with Gasteiger partial charge in [-0.25, -0.2) is 4.79 Å². The van der Waals surface area contributed by atoms with Crippen LogP contribution in [0, 0.1) is 5.92 Å². The van der Waals surface area contributed by atoms with Gasteiger partial charge in [0.1, 0.15) is 0 Å². The molecule has 2 bridgehead atoms. The van der Waals surface area contributed by atoms with Crippen molar-refractivity contribution >= 4 is 12.0 Å². The molecule has 3 aliphatic rings. The highest BCUT2D eigenvalue weighted by molar-refractivity contribution is 5.78. The van der Waals surface area contributed by atoms with Gasteiger partial charge in [0.15, 0.2) is 0 Å². The highest BCUT2D eigenvalue weighted by Gasteiger charge is 2.45. The molecule has 0 radical (unpaired) electrons. The van der Waals surface area contributed by atoms with Crippen molar-refractivity contribution in [3.8, 4) is 0 Å². The molecule has 1 saturated heterocycles. The Bertz CT molecular complexity index is 378. The second-order valence-corrected chi connectivity index (χ2v) is 6.12. The van der Waals surface area contributed by atoms with E-state index in [4.69, 9.17) is 5.11 Å². The lowest BCUT2D eigenvalue weighted by Gasteiger charge is -2.43. The van der Waals surface area contributed by atoms with Crippen molar-refractivity contribution in [2.75, 3.05) is 6.54 Å². The molecular weight excluding hydrogens is 232 g/mol. The predicted molar refractivity (Wildman–Crippen MR) is 65.2 cm³/mol. The molecule has 5 nitrogen and oxygen atoms in total. The molecule has 1 heterocycles. The Labute approximate surface area is 107 Å². The molecule has 0 aromatic heterocycles. The number of rotatable bonds is 3. The third-order valence-corrected chi connectivity index (χ3v) is 4.84. The Morgan fingerprint density at radius 1 is 1.33 bits per heavy atom. The number of fused-ring (bicyclic) bond motifs is 2. The minimum absolute atomic E-state index is 0.0387. The van der Waals surface area contributed by atoms with Crippen LogP contribution in [0.3, 0.4) is 0 Å². The number of likely N-dealkylation sites (tertiary alicyclic amines) is 1. The van der Waals surface area contributed by atoms with Crippen LogP contribution < -0.4 is 5.32 Å². The molecule has 2 saturated carbocycles. The molecular formula is C13H20N2O3. The summed E-state index contributed by atoms with van der Waals surface area (Å²) in [4.78, 5) is 25.0. The number of nitrogens with zero attached hydrogens (tertiary/aromatic N) is 1. The molecule has 2 amide bonds. The monoisotopic (exact) mass is 252 g/mol. The smallest absolute Gasteiger partial charge is 0.318 e. The van der Waals surface area contributed by atoms with Crippen LogP contribution >= 0.6 is 0 Å². The van der Waals surface area contributed by atoms with Crippen molar-refractivity contribution in [1.29, 1.82) is 0 Å². The van der Waals surface area contributed by atoms with Gasteiger partial charge >= 0.3 is 12.0 Å². The second kappa shape index (κ2) is 4.14. The standard InChI is InChI=1S/C13H20N2O3/c16-11(17)7-13(4-1-5-13)14-12(18)15-8-9-2-3-10(15)6-9/h9-10H,1-8H2,(H,14,18)(H,16,17). The van der Waals surface area contributed by atoms with E-state index in [-0.39, 0.29) is 12.5 Å². The van der Waals surface area contributed by atoms with Gasteiger partial charge in [-0.15, -0.1) is 0 Å². The Hall–Kier alpha value is -1.26. The van der Waals surface area contributed by atoms with Gasteiger partial charge in [0.05, 0.1) is 12.0 Å². The summed E-state index contributed by atoms with van der Waals surface area (Å²) < 4.78 is 0. The average molecular weight is 252 g/mol. The predicted octanol–water partition coefficient (Wildman–Crippen LogP) is 1.58. The van der Waals surface area contributed by atoms with Crippen LogP contribution in [0.25, 0.3) is 0 Å². The van der Waals surface area contributed by atoms with Gasteiger partial charge in [0.2, 0.25) is 0 Å². The zero-order chi connectivity index (χ0) is 12.8. The largest absolute Gasteiger partial charge is 0.481 e. The van der Waals surface area contributed by atoms with Gasteiger partial charge in [0.25, 0.3) is 0 Å². The molecule has 0 aromatic rings. The van der Waals surface area contributed by atoms with Gasteiger partial charge in [-0.05, 0) is 44.4 Å². The Morgan fingerprint density at radius 3 is 2.56 bits per heavy atom. The van der Waals surface area contributed by atoms with Crippen LogP contribution in [0.15, 0.2) is 0 Å². The molecule has 100 valence electrons. The number of carboxylic acids is 1. The minimum Gasteiger partial charge on any atom is -0.481 e. The topological polar surface area (TPSA) is 69.6 Å². The van der Waals surface area contributed by atoms with Crippen LogP contribution in [0.5, 0.6) is 0 Å². The zero-order valence-corrected chi connectivity index (χ0v) is 10.5. The van der Waals surface area contributed by atoms with E-state index in [9.17, 15) is 9.59 Å². The maximum absolute atomic E-state index is 12.2. The molecule has 18 heavy (non-hydrogen) atoms. The van der Waals surface area contributed by atoms with Crippen LogP contribution in [-0.4, -0.2) is 40.1 Å². The summed E-state index contributed by atoms with van der Waals surface area (Å²) in [6.07, 6.45) is 6.17. The van der Waals surface area contributed by atoms with Gasteiger partial charge in [-0.2, -0.15) is 0 Å². The van der Waals surface area contributed by atoms with Gasteiger partial charge < -0.3 is 15.3 Å². The summed E-state index contributed by atoms with van der Waals surface area (Å²) in [5.74, 6) is -0.143. The summed E-state index contributed by atoms with van der Waals surface area (Å²) in [6.45, 7) is 0.861. The van der Waals surface area contributed by atoms with Crippen molar-refractivity contribution < 1.29 is 14.7 Å². The minimum atomic E-state index is -0.821. The van der Waals surface area contributed by atoms with E-state index in [1.165, 1.54) is 6.42 Å². The first kappa shape index (κ1) is 11.8. The van der Waals surface area contributed by atoms with E-state index in [0.29, 0.717) is 12.0 Å². The summed E-state index contributed by atoms with van der Waals surface area (Å²) in [7, 11) is 0. The first-order valence-electron chi connectivity index (χ1n) is 6.89. The fourth-order valence-corrected chi connectivity index (χ4v) is 3.71. The second-order valence-electron chi connectivity index (χ2n) is 6.12. The summed E-state index contributed by atoms with van der Waals surface area (Å²) in [6, 6.07) is 0.361. The van der Waals surface area contributed by atoms with E-state index < -0.39 is 11.5 Å². The van der Waals surface area contributed by atoms with Gasteiger partial charge in [0, 0.05) is 12.6 Å². The van der Waals surface area contributed by atoms with E-state index in [0.717, 1.165) is 38.6 Å². The normalized spacial score (nSPS) is 32.1. The number of nitrogens with one attached hydrogen (secondary N) is 1. The first-order chi connectivity index (χ1) is 8.58. The molecule has 3 fully saturated rings. The molecule has 2 unspecified atom stereocenters. The molecule has 2 atom stereocenters. The number of amides is 2. The number of urea groups is 1. The number of hydrogen-bond acceptors (Lipinski definition) is 2. The number of hydrogen-bond donors (Lipinski definition) is 2. The fourth-order valence-electron chi connectivity index (χ4n) is 3.71. The Kier molecular flexibility index (Phi) is 2.72. The molecule has 5 heteroatoms. The quantitative estimate of drug-likeness (QED) is 0.801. The van der Waals surface area contributed by atoms with Gasteiger partial charge in [-0.3, -0.25) is 4.79 Å². The van der Waals surface area contributed by atoms with Crippen LogP contribution in [0.2, 0.25) is 0 Å². The number of aliphatic carboxylic acids is 1. The SMILES string of the molecule is O=C(O)CC1(NC(=O)N2CC3CCC2C3)CCC1. The average Bonchev–Trinajstić information content (AvgIpc) is 2.86. The van der Waals surface area contributed by atoms with E-state index in [1.54, 1.807) is 0 Å².